The van der Waals surface area contributed by atoms with Crippen LogP contribution in [0.5, 0.6) is 5.75 Å². The first kappa shape index (κ1) is 16.2. The van der Waals surface area contributed by atoms with Gasteiger partial charge in [-0.05, 0) is 35.7 Å². The second-order valence-electron chi connectivity index (χ2n) is 5.77. The van der Waals surface area contributed by atoms with Crippen LogP contribution in [0.1, 0.15) is 36.0 Å². The van der Waals surface area contributed by atoms with Crippen LogP contribution < -0.4 is 4.74 Å². The van der Waals surface area contributed by atoms with Crippen molar-refractivity contribution in [3.05, 3.63) is 52.2 Å². The first-order valence-electron chi connectivity index (χ1n) is 6.89. The molecule has 0 aliphatic rings. The summed E-state index contributed by atoms with van der Waals surface area (Å²) in [6.45, 7) is 6.10. The maximum absolute atomic E-state index is 12.1. The lowest BCUT2D eigenvalue weighted by molar-refractivity contribution is 0.0513. The number of oxime groups is 1. The number of ether oxygens (including phenoxy) is 1. The molecule has 0 unspecified atom stereocenters. The van der Waals surface area contributed by atoms with Crippen molar-refractivity contribution in [2.75, 3.05) is 7.11 Å². The van der Waals surface area contributed by atoms with Gasteiger partial charge in [0, 0.05) is 5.41 Å². The molecule has 0 spiro atoms. The molecule has 0 radical (unpaired) electrons. The van der Waals surface area contributed by atoms with Crippen molar-refractivity contribution in [1.29, 1.82) is 0 Å². The molecule has 0 saturated heterocycles. The molecular formula is C17H19NO3S. The third-order valence-electron chi connectivity index (χ3n) is 3.01. The summed E-state index contributed by atoms with van der Waals surface area (Å²) in [7, 11) is 1.58. The van der Waals surface area contributed by atoms with Crippen molar-refractivity contribution < 1.29 is 14.4 Å². The van der Waals surface area contributed by atoms with E-state index in [4.69, 9.17) is 9.57 Å². The smallest absolute Gasteiger partial charge is 0.365 e. The summed E-state index contributed by atoms with van der Waals surface area (Å²) in [6, 6.07) is 10.6. The highest BCUT2D eigenvalue weighted by atomic mass is 32.1. The van der Waals surface area contributed by atoms with Crippen LogP contribution in [-0.2, 0) is 4.84 Å². The third kappa shape index (κ3) is 3.95. The Bertz CT molecular complexity index is 652. The van der Waals surface area contributed by atoms with E-state index in [-0.39, 0.29) is 5.41 Å². The zero-order valence-corrected chi connectivity index (χ0v) is 13.9. The first-order valence-corrected chi connectivity index (χ1v) is 7.77. The minimum atomic E-state index is -0.485. The lowest BCUT2D eigenvalue weighted by Gasteiger charge is -2.19. The minimum absolute atomic E-state index is 0.217. The quantitative estimate of drug-likeness (QED) is 0.478. The SMILES string of the molecule is COc1ccc(C(=O)O/N=C(\c2cccs2)C(C)(C)C)cc1. The summed E-state index contributed by atoms with van der Waals surface area (Å²) in [5.41, 5.74) is 0.971. The van der Waals surface area contributed by atoms with Gasteiger partial charge in [-0.3, -0.25) is 0 Å². The number of thiophene rings is 1. The highest BCUT2D eigenvalue weighted by molar-refractivity contribution is 7.12. The zero-order chi connectivity index (χ0) is 16.2. The van der Waals surface area contributed by atoms with Gasteiger partial charge in [0.1, 0.15) is 11.5 Å². The summed E-state index contributed by atoms with van der Waals surface area (Å²) in [5.74, 6) is 0.204. The Balaban J connectivity index is 2.18. The van der Waals surface area contributed by atoms with E-state index < -0.39 is 5.97 Å². The Hall–Kier alpha value is -2.14. The molecule has 2 rings (SSSR count). The van der Waals surface area contributed by atoms with Crippen molar-refractivity contribution in [3.8, 4) is 5.75 Å². The zero-order valence-electron chi connectivity index (χ0n) is 13.1. The summed E-state index contributed by atoms with van der Waals surface area (Å²) in [5, 5.41) is 6.08. The lowest BCUT2D eigenvalue weighted by atomic mass is 9.89. The average molecular weight is 317 g/mol. The molecule has 1 aromatic heterocycles. The molecule has 0 saturated carbocycles. The van der Waals surface area contributed by atoms with E-state index in [9.17, 15) is 4.79 Å². The summed E-state index contributed by atoms with van der Waals surface area (Å²) < 4.78 is 5.06. The monoisotopic (exact) mass is 317 g/mol. The molecule has 0 fully saturated rings. The van der Waals surface area contributed by atoms with E-state index in [0.717, 1.165) is 10.6 Å². The van der Waals surface area contributed by atoms with Crippen LogP contribution in [0, 0.1) is 5.41 Å². The van der Waals surface area contributed by atoms with Gasteiger partial charge in [-0.2, -0.15) is 0 Å². The summed E-state index contributed by atoms with van der Waals surface area (Å²) in [6.07, 6.45) is 0. The largest absolute Gasteiger partial charge is 0.497 e. The number of methoxy groups -OCH3 is 1. The minimum Gasteiger partial charge on any atom is -0.497 e. The molecule has 1 heterocycles. The number of rotatable bonds is 4. The van der Waals surface area contributed by atoms with Crippen LogP contribution in [0.15, 0.2) is 46.9 Å². The molecular weight excluding hydrogens is 298 g/mol. The molecule has 22 heavy (non-hydrogen) atoms. The summed E-state index contributed by atoms with van der Waals surface area (Å²) in [4.78, 5) is 18.2. The van der Waals surface area contributed by atoms with E-state index in [1.807, 2.05) is 38.3 Å². The van der Waals surface area contributed by atoms with Gasteiger partial charge in [-0.1, -0.05) is 32.0 Å². The Morgan fingerprint density at radius 3 is 2.32 bits per heavy atom. The van der Waals surface area contributed by atoms with Crippen molar-refractivity contribution in [2.45, 2.75) is 20.8 Å². The lowest BCUT2D eigenvalue weighted by Crippen LogP contribution is -2.21. The van der Waals surface area contributed by atoms with Crippen molar-refractivity contribution in [1.82, 2.24) is 0 Å². The van der Waals surface area contributed by atoms with Crippen molar-refractivity contribution in [2.24, 2.45) is 10.6 Å². The molecule has 0 amide bonds. The topological polar surface area (TPSA) is 47.9 Å². The highest BCUT2D eigenvalue weighted by Gasteiger charge is 2.23. The number of hydrogen-bond acceptors (Lipinski definition) is 5. The van der Waals surface area contributed by atoms with Crippen LogP contribution in [0.4, 0.5) is 0 Å². The standard InChI is InChI=1S/C17H19NO3S/c1-17(2,3)15(14-6-5-11-22-14)18-21-16(19)12-7-9-13(20-4)10-8-12/h5-11H,1-4H3/b18-15+. The first-order chi connectivity index (χ1) is 10.4. The second-order valence-corrected chi connectivity index (χ2v) is 6.72. The van der Waals surface area contributed by atoms with Crippen LogP contribution >= 0.6 is 11.3 Å². The molecule has 4 nitrogen and oxygen atoms in total. The third-order valence-corrected chi connectivity index (χ3v) is 3.89. The van der Waals surface area contributed by atoms with Crippen molar-refractivity contribution >= 4 is 23.0 Å². The van der Waals surface area contributed by atoms with Crippen LogP contribution in [-0.4, -0.2) is 18.8 Å². The van der Waals surface area contributed by atoms with Gasteiger partial charge in [0.25, 0.3) is 0 Å². The molecule has 5 heteroatoms. The highest BCUT2D eigenvalue weighted by Crippen LogP contribution is 2.25. The van der Waals surface area contributed by atoms with Crippen LogP contribution in [0.25, 0.3) is 0 Å². The average Bonchev–Trinajstić information content (AvgIpc) is 3.00. The normalized spacial score (nSPS) is 12.1. The van der Waals surface area contributed by atoms with Gasteiger partial charge in [-0.15, -0.1) is 11.3 Å². The van der Waals surface area contributed by atoms with Gasteiger partial charge in [0.2, 0.25) is 0 Å². The number of carbonyl (C=O) groups is 1. The second kappa shape index (κ2) is 6.75. The maximum Gasteiger partial charge on any atom is 0.365 e. The molecule has 1 aromatic carbocycles. The van der Waals surface area contributed by atoms with Crippen LogP contribution in [0.2, 0.25) is 0 Å². The Morgan fingerprint density at radius 1 is 1.14 bits per heavy atom. The van der Waals surface area contributed by atoms with E-state index in [2.05, 4.69) is 5.16 Å². The number of benzene rings is 1. The number of nitrogens with zero attached hydrogens (tertiary/aromatic N) is 1. The summed E-state index contributed by atoms with van der Waals surface area (Å²) >= 11 is 1.57. The van der Waals surface area contributed by atoms with Gasteiger partial charge in [0.15, 0.2) is 0 Å². The fraction of sp³-hybridized carbons (Fsp3) is 0.294. The van der Waals surface area contributed by atoms with Gasteiger partial charge in [-0.25, -0.2) is 4.79 Å². The van der Waals surface area contributed by atoms with E-state index in [1.54, 1.807) is 42.7 Å². The van der Waals surface area contributed by atoms with E-state index in [0.29, 0.717) is 11.3 Å². The molecule has 0 bridgehead atoms. The van der Waals surface area contributed by atoms with Gasteiger partial charge in [0.05, 0.1) is 17.6 Å². The predicted octanol–water partition coefficient (Wildman–Crippen LogP) is 4.36. The Kier molecular flexibility index (Phi) is 4.98. The maximum atomic E-state index is 12.1. The Labute approximate surface area is 134 Å². The van der Waals surface area contributed by atoms with Gasteiger partial charge < -0.3 is 9.57 Å². The fourth-order valence-electron chi connectivity index (χ4n) is 1.83. The molecule has 0 atom stereocenters. The van der Waals surface area contributed by atoms with Crippen LogP contribution in [0.3, 0.4) is 0 Å². The number of carbonyl (C=O) groups excluding carboxylic acids is 1. The molecule has 2 aromatic rings. The number of hydrogen-bond donors (Lipinski definition) is 0. The van der Waals surface area contributed by atoms with E-state index in [1.165, 1.54) is 0 Å². The Morgan fingerprint density at radius 2 is 1.82 bits per heavy atom. The van der Waals surface area contributed by atoms with Gasteiger partial charge >= 0.3 is 5.97 Å². The molecule has 0 aliphatic heterocycles. The molecule has 116 valence electrons. The fourth-order valence-corrected chi connectivity index (χ4v) is 2.75. The molecule has 0 N–H and O–H groups in total. The van der Waals surface area contributed by atoms with Crippen molar-refractivity contribution in [3.63, 3.8) is 0 Å². The molecule has 0 aliphatic carbocycles. The predicted molar refractivity (Wildman–Crippen MR) is 88.7 cm³/mol. The van der Waals surface area contributed by atoms with E-state index >= 15 is 0 Å².